The monoisotopic (exact) mass is 354 g/mol. The average Bonchev–Trinajstić information content (AvgIpc) is 2.57. The van der Waals surface area contributed by atoms with Gasteiger partial charge in [-0.05, 0) is 62.4 Å². The largest absolute Gasteiger partial charge is 0.508 e. The van der Waals surface area contributed by atoms with E-state index in [1.54, 1.807) is 36.5 Å². The molecule has 0 aliphatic carbocycles. The van der Waals surface area contributed by atoms with Crippen molar-refractivity contribution in [1.29, 1.82) is 0 Å². The minimum absolute atomic E-state index is 0.0199. The third kappa shape index (κ3) is 3.59. The van der Waals surface area contributed by atoms with Gasteiger partial charge in [0.2, 0.25) is 0 Å². The first-order valence-electron chi connectivity index (χ1n) is 9.26. The molecule has 1 aliphatic heterocycles. The zero-order valence-corrected chi connectivity index (χ0v) is 16.0. The highest BCUT2D eigenvalue weighted by molar-refractivity contribution is 5.84. The number of nitrogens with zero attached hydrogens (tertiary/aromatic N) is 2. The van der Waals surface area contributed by atoms with Gasteiger partial charge in [-0.2, -0.15) is 0 Å². The first-order valence-corrected chi connectivity index (χ1v) is 9.26. The van der Waals surface area contributed by atoms with Gasteiger partial charge in [0.1, 0.15) is 11.6 Å². The summed E-state index contributed by atoms with van der Waals surface area (Å²) in [4.78, 5) is 6.65. The predicted molar refractivity (Wildman–Crippen MR) is 107 cm³/mol. The fraction of sp³-hybridized carbons (Fsp3) is 0.409. The molecule has 1 heterocycles. The van der Waals surface area contributed by atoms with Gasteiger partial charge in [-0.3, -0.25) is 4.99 Å². The predicted octanol–water partition coefficient (Wildman–Crippen LogP) is 5.78. The molecule has 0 aromatic heterocycles. The molecule has 1 unspecified atom stereocenters. The third-order valence-corrected chi connectivity index (χ3v) is 5.13. The van der Waals surface area contributed by atoms with E-state index in [1.807, 2.05) is 6.07 Å². The van der Waals surface area contributed by atoms with E-state index in [1.165, 1.54) is 5.56 Å². The van der Waals surface area contributed by atoms with Crippen LogP contribution in [0.3, 0.4) is 0 Å². The number of phenolic OH excluding ortho intramolecular Hbond substituents is 1. The smallest absolute Gasteiger partial charge is 0.134 e. The summed E-state index contributed by atoms with van der Waals surface area (Å²) in [5.74, 6) is 0.247. The lowest BCUT2D eigenvalue weighted by Crippen LogP contribution is -2.48. The summed E-state index contributed by atoms with van der Waals surface area (Å²) in [7, 11) is 0. The number of fused-ring (bicyclic) bond motifs is 1. The van der Waals surface area contributed by atoms with Gasteiger partial charge in [-0.15, -0.1) is 0 Å². The van der Waals surface area contributed by atoms with Crippen LogP contribution in [0.4, 0.5) is 15.8 Å². The zero-order chi connectivity index (χ0) is 18.9. The van der Waals surface area contributed by atoms with Gasteiger partial charge < -0.3 is 10.0 Å². The van der Waals surface area contributed by atoms with Gasteiger partial charge in [0.15, 0.2) is 0 Å². The fourth-order valence-corrected chi connectivity index (χ4v) is 3.98. The maximum Gasteiger partial charge on any atom is 0.134 e. The Bertz CT molecular complexity index is 829. The molecule has 3 rings (SSSR count). The third-order valence-electron chi connectivity index (χ3n) is 5.13. The summed E-state index contributed by atoms with van der Waals surface area (Å²) in [6.45, 7) is 9.75. The molecule has 0 amide bonds. The van der Waals surface area contributed by atoms with Crippen LogP contribution in [0, 0.1) is 5.82 Å². The quantitative estimate of drug-likeness (QED) is 0.706. The lowest BCUT2D eigenvalue weighted by atomic mass is 9.79. The molecule has 1 N–H and O–H groups in total. The summed E-state index contributed by atoms with van der Waals surface area (Å²) < 4.78 is 14.8. The van der Waals surface area contributed by atoms with Crippen molar-refractivity contribution in [1.82, 2.24) is 0 Å². The minimum Gasteiger partial charge on any atom is -0.508 e. The van der Waals surface area contributed by atoms with Crippen molar-refractivity contribution in [3.63, 3.8) is 0 Å². The van der Waals surface area contributed by atoms with E-state index < -0.39 is 0 Å². The lowest BCUT2D eigenvalue weighted by Gasteiger charge is -2.47. The van der Waals surface area contributed by atoms with Crippen LogP contribution in [0.25, 0.3) is 0 Å². The van der Waals surface area contributed by atoms with Crippen molar-refractivity contribution in [3.8, 4) is 5.75 Å². The van der Waals surface area contributed by atoms with Gasteiger partial charge in [-0.1, -0.05) is 19.9 Å². The van der Waals surface area contributed by atoms with Gasteiger partial charge in [0, 0.05) is 35.6 Å². The number of phenols is 1. The van der Waals surface area contributed by atoms with Crippen LogP contribution < -0.4 is 4.90 Å². The van der Waals surface area contributed by atoms with Crippen LogP contribution in [-0.2, 0) is 0 Å². The molecule has 1 aliphatic rings. The fourth-order valence-electron chi connectivity index (χ4n) is 3.98. The number of aromatic hydroxyl groups is 1. The highest BCUT2D eigenvalue weighted by Gasteiger charge is 2.36. The van der Waals surface area contributed by atoms with Gasteiger partial charge in [-0.25, -0.2) is 4.39 Å². The number of rotatable bonds is 4. The van der Waals surface area contributed by atoms with Crippen molar-refractivity contribution in [2.24, 2.45) is 4.99 Å². The van der Waals surface area contributed by atoms with E-state index in [2.05, 4.69) is 37.6 Å². The molecule has 138 valence electrons. The molecule has 2 aromatic rings. The molecular formula is C22H27FN2O. The Kier molecular flexibility index (Phi) is 5.03. The highest BCUT2D eigenvalue weighted by atomic mass is 19.1. The van der Waals surface area contributed by atoms with E-state index in [0.29, 0.717) is 17.2 Å². The Morgan fingerprint density at radius 3 is 2.77 bits per heavy atom. The molecule has 4 heteroatoms. The standard InChI is InChI=1S/C22H27FN2O/c1-5-9-25-21-12-20(23)16(10-19(21)15(2)13-22(25,3)4)14-24-17-7-6-8-18(26)11-17/h6-8,10-12,14-15,26H,5,9,13H2,1-4H3. The van der Waals surface area contributed by atoms with E-state index in [4.69, 9.17) is 0 Å². The van der Waals surface area contributed by atoms with Crippen molar-refractivity contribution in [3.05, 3.63) is 53.3 Å². The molecule has 0 saturated carbocycles. The summed E-state index contributed by atoms with van der Waals surface area (Å²) in [5, 5.41) is 9.53. The molecule has 1 atom stereocenters. The summed E-state index contributed by atoms with van der Waals surface area (Å²) in [6, 6.07) is 10.2. The maximum atomic E-state index is 14.8. The van der Waals surface area contributed by atoms with Gasteiger partial charge in [0.25, 0.3) is 0 Å². The lowest BCUT2D eigenvalue weighted by molar-refractivity contribution is 0.375. The molecule has 3 nitrogen and oxygen atoms in total. The first kappa shape index (κ1) is 18.4. The SMILES string of the molecule is CCCN1c2cc(F)c(C=Nc3cccc(O)c3)cc2C(C)CC1(C)C. The maximum absolute atomic E-state index is 14.8. The van der Waals surface area contributed by atoms with E-state index >= 15 is 0 Å². The number of hydrogen-bond donors (Lipinski definition) is 1. The van der Waals surface area contributed by atoms with Crippen molar-refractivity contribution in [2.45, 2.75) is 52.0 Å². The van der Waals surface area contributed by atoms with E-state index in [9.17, 15) is 9.50 Å². The van der Waals surface area contributed by atoms with Crippen LogP contribution in [0.1, 0.15) is 57.6 Å². The topological polar surface area (TPSA) is 35.8 Å². The number of benzene rings is 2. The number of halogens is 1. The number of hydrogen-bond acceptors (Lipinski definition) is 3. The molecule has 0 fully saturated rings. The molecule has 0 spiro atoms. The zero-order valence-electron chi connectivity index (χ0n) is 16.0. The highest BCUT2D eigenvalue weighted by Crippen LogP contribution is 2.44. The van der Waals surface area contributed by atoms with Crippen molar-refractivity contribution < 1.29 is 9.50 Å². The average molecular weight is 354 g/mol. The number of anilines is 1. The Balaban J connectivity index is 2.00. The summed E-state index contributed by atoms with van der Waals surface area (Å²) >= 11 is 0. The second-order valence-corrected chi connectivity index (χ2v) is 7.78. The second-order valence-electron chi connectivity index (χ2n) is 7.78. The van der Waals surface area contributed by atoms with Crippen LogP contribution in [0.2, 0.25) is 0 Å². The Labute approximate surface area is 155 Å². The summed E-state index contributed by atoms with van der Waals surface area (Å²) in [6.07, 6.45) is 3.61. The number of aliphatic imine (C=N–C) groups is 1. The van der Waals surface area contributed by atoms with Crippen molar-refractivity contribution >= 4 is 17.6 Å². The molecule has 0 saturated heterocycles. The Morgan fingerprint density at radius 2 is 2.08 bits per heavy atom. The second kappa shape index (κ2) is 7.10. The van der Waals surface area contributed by atoms with Crippen LogP contribution in [0.15, 0.2) is 41.4 Å². The van der Waals surface area contributed by atoms with E-state index in [0.717, 1.165) is 25.1 Å². The van der Waals surface area contributed by atoms with Crippen molar-refractivity contribution in [2.75, 3.05) is 11.4 Å². The van der Waals surface area contributed by atoms with Crippen LogP contribution in [0.5, 0.6) is 5.75 Å². The Hall–Kier alpha value is -2.36. The molecule has 2 aromatic carbocycles. The molecule has 0 radical (unpaired) electrons. The van der Waals surface area contributed by atoms with Crippen LogP contribution in [-0.4, -0.2) is 23.4 Å². The van der Waals surface area contributed by atoms with Crippen LogP contribution >= 0.6 is 0 Å². The van der Waals surface area contributed by atoms with Gasteiger partial charge >= 0.3 is 0 Å². The molecule has 0 bridgehead atoms. The normalized spacial score (nSPS) is 19.0. The van der Waals surface area contributed by atoms with E-state index in [-0.39, 0.29) is 17.1 Å². The minimum atomic E-state index is -0.265. The Morgan fingerprint density at radius 1 is 1.31 bits per heavy atom. The molecular weight excluding hydrogens is 327 g/mol. The first-order chi connectivity index (χ1) is 12.3. The van der Waals surface area contributed by atoms with Gasteiger partial charge in [0.05, 0.1) is 5.69 Å². The summed E-state index contributed by atoms with van der Waals surface area (Å²) in [5.41, 5.74) is 3.28. The molecule has 26 heavy (non-hydrogen) atoms.